The van der Waals surface area contributed by atoms with E-state index in [0.29, 0.717) is 21.4 Å². The molecule has 0 aliphatic carbocycles. The van der Waals surface area contributed by atoms with E-state index in [9.17, 15) is 4.79 Å². The summed E-state index contributed by atoms with van der Waals surface area (Å²) in [5, 5.41) is 1.18. The van der Waals surface area contributed by atoms with Crippen LogP contribution in [0.1, 0.15) is 15.9 Å². The van der Waals surface area contributed by atoms with E-state index in [1.807, 2.05) is 12.1 Å². The van der Waals surface area contributed by atoms with Gasteiger partial charge in [-0.15, -0.1) is 0 Å². The Bertz CT molecular complexity index is 633. The van der Waals surface area contributed by atoms with Crippen molar-refractivity contribution >= 4 is 35.1 Å². The molecule has 0 saturated heterocycles. The van der Waals surface area contributed by atoms with Gasteiger partial charge in [0.2, 0.25) is 0 Å². The van der Waals surface area contributed by atoms with Crippen LogP contribution >= 0.6 is 23.2 Å². The Labute approximate surface area is 127 Å². The third-order valence-electron chi connectivity index (χ3n) is 2.76. The first kappa shape index (κ1) is 14.6. The summed E-state index contributed by atoms with van der Waals surface area (Å²) in [7, 11) is 0. The van der Waals surface area contributed by atoms with Crippen molar-refractivity contribution in [2.24, 2.45) is 0 Å². The number of benzene rings is 2. The first-order valence-corrected chi connectivity index (χ1v) is 6.67. The van der Waals surface area contributed by atoms with Crippen LogP contribution in [0.4, 0.5) is 0 Å². The molecular weight excluding hydrogens is 295 g/mol. The monoisotopic (exact) mass is 306 g/mol. The van der Waals surface area contributed by atoms with E-state index in [2.05, 4.69) is 6.58 Å². The zero-order valence-corrected chi connectivity index (χ0v) is 12.1. The smallest absolute Gasteiger partial charge is 0.153 e. The minimum Gasteiger partial charge on any atom is -0.488 e. The van der Waals surface area contributed by atoms with E-state index in [0.717, 1.165) is 17.4 Å². The summed E-state index contributed by atoms with van der Waals surface area (Å²) in [4.78, 5) is 10.9. The third-order valence-corrected chi connectivity index (χ3v) is 3.24. The molecule has 0 radical (unpaired) electrons. The normalized spacial score (nSPS) is 10.1. The van der Waals surface area contributed by atoms with Gasteiger partial charge in [0.15, 0.2) is 6.29 Å². The number of ether oxygens (including phenoxy) is 1. The molecule has 2 nitrogen and oxygen atoms in total. The van der Waals surface area contributed by atoms with Crippen molar-refractivity contribution in [1.82, 2.24) is 0 Å². The van der Waals surface area contributed by atoms with Crippen LogP contribution in [-0.2, 0) is 0 Å². The molecule has 102 valence electrons. The van der Waals surface area contributed by atoms with E-state index in [-0.39, 0.29) is 6.61 Å². The first-order chi connectivity index (χ1) is 9.60. The number of hydrogen-bond acceptors (Lipinski definition) is 2. The van der Waals surface area contributed by atoms with Gasteiger partial charge in [0.05, 0.1) is 5.56 Å². The van der Waals surface area contributed by atoms with Gasteiger partial charge >= 0.3 is 0 Å². The van der Waals surface area contributed by atoms with Gasteiger partial charge in [0, 0.05) is 10.0 Å². The van der Waals surface area contributed by atoms with Gasteiger partial charge in [0.1, 0.15) is 12.4 Å². The summed E-state index contributed by atoms with van der Waals surface area (Å²) in [6.45, 7) is 4.22. The van der Waals surface area contributed by atoms with Gasteiger partial charge in [-0.05, 0) is 41.5 Å². The van der Waals surface area contributed by atoms with Gasteiger partial charge in [-0.25, -0.2) is 0 Å². The average Bonchev–Trinajstić information content (AvgIpc) is 2.45. The summed E-state index contributed by atoms with van der Waals surface area (Å²) in [5.74, 6) is 0.447. The predicted molar refractivity (Wildman–Crippen MR) is 82.8 cm³/mol. The number of hydrogen-bond donors (Lipinski definition) is 0. The molecule has 0 atom stereocenters. The molecular formula is C16H12Cl2O2. The zero-order chi connectivity index (χ0) is 14.5. The molecule has 0 spiro atoms. The molecule has 0 amide bonds. The number of carbonyl (C=O) groups excluding carboxylic acids is 1. The Morgan fingerprint density at radius 2 is 1.75 bits per heavy atom. The summed E-state index contributed by atoms with van der Waals surface area (Å²) in [5.41, 5.74) is 2.18. The fourth-order valence-electron chi connectivity index (χ4n) is 1.66. The lowest BCUT2D eigenvalue weighted by molar-refractivity contribution is 0.112. The Morgan fingerprint density at radius 3 is 2.40 bits per heavy atom. The lowest BCUT2D eigenvalue weighted by Crippen LogP contribution is -2.02. The largest absolute Gasteiger partial charge is 0.488 e. The Morgan fingerprint density at radius 1 is 1.10 bits per heavy atom. The topological polar surface area (TPSA) is 26.3 Å². The fraction of sp³-hybridized carbons (Fsp3) is 0.0625. The van der Waals surface area contributed by atoms with Crippen LogP contribution < -0.4 is 4.74 Å². The molecule has 2 aromatic carbocycles. The molecule has 0 aromatic heterocycles. The number of halogens is 2. The van der Waals surface area contributed by atoms with Gasteiger partial charge in [-0.2, -0.15) is 0 Å². The Hall–Kier alpha value is -1.77. The zero-order valence-electron chi connectivity index (χ0n) is 10.6. The minimum atomic E-state index is 0.267. The summed E-state index contributed by atoms with van der Waals surface area (Å²) in [6.07, 6.45) is 0.733. The Kier molecular flexibility index (Phi) is 4.83. The van der Waals surface area contributed by atoms with E-state index in [4.69, 9.17) is 27.9 Å². The van der Waals surface area contributed by atoms with Crippen molar-refractivity contribution in [3.63, 3.8) is 0 Å². The molecule has 0 fully saturated rings. The van der Waals surface area contributed by atoms with Crippen LogP contribution in [0.15, 0.2) is 49.0 Å². The number of rotatable bonds is 5. The summed E-state index contributed by atoms with van der Waals surface area (Å²) >= 11 is 11.7. The van der Waals surface area contributed by atoms with E-state index < -0.39 is 0 Å². The maximum atomic E-state index is 10.9. The molecule has 0 heterocycles. The predicted octanol–water partition coefficient (Wildman–Crippen LogP) is 4.90. The maximum absolute atomic E-state index is 10.9. The van der Waals surface area contributed by atoms with Crippen LogP contribution in [0.3, 0.4) is 0 Å². The molecule has 20 heavy (non-hydrogen) atoms. The highest BCUT2D eigenvalue weighted by atomic mass is 35.5. The van der Waals surface area contributed by atoms with Gasteiger partial charge in [-0.1, -0.05) is 41.9 Å². The highest BCUT2D eigenvalue weighted by Crippen LogP contribution is 2.24. The SMILES string of the molecule is C=C(COc1cc(Cl)ccc1C=O)c1ccc(Cl)cc1. The van der Waals surface area contributed by atoms with E-state index in [1.54, 1.807) is 30.3 Å². The standard InChI is InChI=1S/C16H12Cl2O2/c1-11(12-2-5-14(17)6-3-12)10-20-16-8-15(18)7-4-13(16)9-19/h2-9H,1,10H2. The molecule has 0 bridgehead atoms. The Balaban J connectivity index is 2.08. The molecule has 0 N–H and O–H groups in total. The second-order valence-corrected chi connectivity index (χ2v) is 5.07. The quantitative estimate of drug-likeness (QED) is 0.735. The molecule has 0 saturated carbocycles. The van der Waals surface area contributed by atoms with E-state index >= 15 is 0 Å². The lowest BCUT2D eigenvalue weighted by atomic mass is 10.1. The van der Waals surface area contributed by atoms with Crippen molar-refractivity contribution in [2.75, 3.05) is 6.61 Å². The maximum Gasteiger partial charge on any atom is 0.153 e. The fourth-order valence-corrected chi connectivity index (χ4v) is 1.95. The minimum absolute atomic E-state index is 0.267. The number of carbonyl (C=O) groups is 1. The van der Waals surface area contributed by atoms with Crippen LogP contribution in [0.5, 0.6) is 5.75 Å². The van der Waals surface area contributed by atoms with E-state index in [1.165, 1.54) is 0 Å². The molecule has 0 unspecified atom stereocenters. The molecule has 0 aliphatic heterocycles. The van der Waals surface area contributed by atoms with Gasteiger partial charge in [-0.3, -0.25) is 4.79 Å². The van der Waals surface area contributed by atoms with Crippen molar-refractivity contribution in [2.45, 2.75) is 0 Å². The van der Waals surface area contributed by atoms with Crippen molar-refractivity contribution < 1.29 is 9.53 Å². The van der Waals surface area contributed by atoms with Crippen LogP contribution in [-0.4, -0.2) is 12.9 Å². The summed E-state index contributed by atoms with van der Waals surface area (Å²) < 4.78 is 5.61. The highest BCUT2D eigenvalue weighted by Gasteiger charge is 2.06. The average molecular weight is 307 g/mol. The molecule has 4 heteroatoms. The molecule has 0 aliphatic rings. The van der Waals surface area contributed by atoms with Crippen LogP contribution in [0.25, 0.3) is 5.57 Å². The van der Waals surface area contributed by atoms with Crippen LogP contribution in [0.2, 0.25) is 10.0 Å². The van der Waals surface area contributed by atoms with Crippen molar-refractivity contribution in [1.29, 1.82) is 0 Å². The second kappa shape index (κ2) is 6.60. The highest BCUT2D eigenvalue weighted by molar-refractivity contribution is 6.31. The first-order valence-electron chi connectivity index (χ1n) is 5.91. The van der Waals surface area contributed by atoms with Gasteiger partial charge < -0.3 is 4.74 Å². The van der Waals surface area contributed by atoms with Crippen LogP contribution in [0, 0.1) is 0 Å². The molecule has 2 rings (SSSR count). The number of aldehydes is 1. The summed E-state index contributed by atoms with van der Waals surface area (Å²) in [6, 6.07) is 12.2. The molecule has 2 aromatic rings. The lowest BCUT2D eigenvalue weighted by Gasteiger charge is -2.11. The van der Waals surface area contributed by atoms with Crippen molar-refractivity contribution in [3.05, 3.63) is 70.2 Å². The van der Waals surface area contributed by atoms with Gasteiger partial charge in [0.25, 0.3) is 0 Å². The second-order valence-electron chi connectivity index (χ2n) is 4.20. The third kappa shape index (κ3) is 3.62. The van der Waals surface area contributed by atoms with Crippen molar-refractivity contribution in [3.8, 4) is 5.75 Å².